The van der Waals surface area contributed by atoms with Crippen molar-refractivity contribution in [1.82, 2.24) is 4.90 Å². The number of thiocarbonyl (C=S) groups is 1. The molecule has 7 heteroatoms. The van der Waals surface area contributed by atoms with Crippen LogP contribution in [0.2, 0.25) is 0 Å². The van der Waals surface area contributed by atoms with Crippen molar-refractivity contribution >= 4 is 52.0 Å². The van der Waals surface area contributed by atoms with Gasteiger partial charge in [0.05, 0.1) is 0 Å². The van der Waals surface area contributed by atoms with E-state index in [-0.39, 0.29) is 12.5 Å². The molecular formula is C11H14ClNO3S2. The molecule has 1 aliphatic heterocycles. The van der Waals surface area contributed by atoms with Crippen molar-refractivity contribution in [2.45, 2.75) is 18.9 Å². The number of carbonyl (C=O) groups excluding carboxylic acids is 2. The van der Waals surface area contributed by atoms with E-state index in [0.29, 0.717) is 23.6 Å². The van der Waals surface area contributed by atoms with Crippen LogP contribution >= 0.6 is 36.4 Å². The molecule has 0 N–H and O–H groups in total. The van der Waals surface area contributed by atoms with Gasteiger partial charge in [-0.3, -0.25) is 9.69 Å². The molecule has 18 heavy (non-hydrogen) atoms. The van der Waals surface area contributed by atoms with Gasteiger partial charge in [-0.25, -0.2) is 4.79 Å². The Hall–Kier alpha value is -0.590. The predicted molar refractivity (Wildman–Crippen MR) is 77.2 cm³/mol. The highest BCUT2D eigenvalue weighted by Crippen LogP contribution is 2.28. The van der Waals surface area contributed by atoms with E-state index in [1.807, 2.05) is 0 Å². The number of nitrogens with zero attached hydrogens (tertiary/aromatic N) is 1. The molecule has 1 fully saturated rings. The van der Waals surface area contributed by atoms with E-state index in [1.54, 1.807) is 0 Å². The lowest BCUT2D eigenvalue weighted by Crippen LogP contribution is -2.39. The number of hydrogen-bond donors (Lipinski definition) is 1. The van der Waals surface area contributed by atoms with E-state index < -0.39 is 17.4 Å². The van der Waals surface area contributed by atoms with Crippen molar-refractivity contribution in [3.05, 3.63) is 12.7 Å². The fraction of sp³-hybridized carbons (Fsp3) is 0.545. The van der Waals surface area contributed by atoms with Gasteiger partial charge in [-0.2, -0.15) is 0 Å². The highest BCUT2D eigenvalue weighted by molar-refractivity contribution is 8.11. The summed E-state index contributed by atoms with van der Waals surface area (Å²) in [5.74, 6) is 0.0963. The third-order valence-corrected chi connectivity index (χ3v) is 3.27. The van der Waals surface area contributed by atoms with E-state index in [0.717, 1.165) is 0 Å². The quantitative estimate of drug-likeness (QED) is 0.367. The van der Waals surface area contributed by atoms with Gasteiger partial charge in [0.1, 0.15) is 12.6 Å². The van der Waals surface area contributed by atoms with Crippen molar-refractivity contribution in [3.8, 4) is 0 Å². The maximum Gasteiger partial charge on any atom is 0.410 e. The maximum atomic E-state index is 11.7. The standard InChI is InChI=1S/C11H14ClNO3S2/c1-2-3-16-11(15)13-6-7(5-9(17)18)4-8(13)10(12)14/h2,7-8H,1,3-6H2,(H,17,18)/t7-,8-/m0/s1. The molecule has 0 spiro atoms. The summed E-state index contributed by atoms with van der Waals surface area (Å²) < 4.78 is 5.47. The minimum atomic E-state index is -0.642. The SMILES string of the molecule is C=CCOC(=O)N1C[C@H](CC(=S)S)C[C@H]1C(=O)Cl. The monoisotopic (exact) mass is 307 g/mol. The van der Waals surface area contributed by atoms with E-state index in [4.69, 9.17) is 28.6 Å². The first-order valence-electron chi connectivity index (χ1n) is 5.41. The highest BCUT2D eigenvalue weighted by atomic mass is 35.5. The number of hydrogen-bond acceptors (Lipinski definition) is 4. The largest absolute Gasteiger partial charge is 0.445 e. The van der Waals surface area contributed by atoms with Crippen LogP contribution in [0.25, 0.3) is 0 Å². The number of thiol groups is 1. The van der Waals surface area contributed by atoms with Crippen molar-refractivity contribution < 1.29 is 14.3 Å². The summed E-state index contributed by atoms with van der Waals surface area (Å²) >= 11 is 14.5. The molecule has 0 unspecified atom stereocenters. The first kappa shape index (κ1) is 15.5. The lowest BCUT2D eigenvalue weighted by molar-refractivity contribution is -0.115. The predicted octanol–water partition coefficient (Wildman–Crippen LogP) is 2.41. The fourth-order valence-corrected chi connectivity index (χ4v) is 2.65. The molecule has 0 aromatic rings. The molecule has 1 heterocycles. The van der Waals surface area contributed by atoms with Gasteiger partial charge in [0.2, 0.25) is 5.24 Å². The van der Waals surface area contributed by atoms with E-state index in [2.05, 4.69) is 19.2 Å². The number of halogens is 1. The Morgan fingerprint density at radius 1 is 1.61 bits per heavy atom. The summed E-state index contributed by atoms with van der Waals surface area (Å²) in [4.78, 5) is 24.4. The first-order valence-corrected chi connectivity index (χ1v) is 6.64. The zero-order valence-electron chi connectivity index (χ0n) is 9.67. The second kappa shape index (κ2) is 7.11. The van der Waals surface area contributed by atoms with Crippen molar-refractivity contribution in [2.24, 2.45) is 5.92 Å². The van der Waals surface area contributed by atoms with Crippen LogP contribution in [0.15, 0.2) is 12.7 Å². The smallest absolute Gasteiger partial charge is 0.410 e. The minimum absolute atomic E-state index is 0.0963. The normalized spacial score (nSPS) is 22.7. The van der Waals surface area contributed by atoms with Gasteiger partial charge in [-0.1, -0.05) is 24.9 Å². The fourth-order valence-electron chi connectivity index (χ4n) is 1.95. The van der Waals surface area contributed by atoms with Crippen LogP contribution in [-0.2, 0) is 9.53 Å². The van der Waals surface area contributed by atoms with Crippen molar-refractivity contribution in [3.63, 3.8) is 0 Å². The zero-order valence-corrected chi connectivity index (χ0v) is 12.1. The van der Waals surface area contributed by atoms with Crippen LogP contribution in [0.4, 0.5) is 4.79 Å². The molecule has 1 aliphatic rings. The highest BCUT2D eigenvalue weighted by Gasteiger charge is 2.39. The van der Waals surface area contributed by atoms with Crippen molar-refractivity contribution in [2.75, 3.05) is 13.2 Å². The third kappa shape index (κ3) is 4.26. The van der Waals surface area contributed by atoms with Gasteiger partial charge in [0.25, 0.3) is 0 Å². The van der Waals surface area contributed by atoms with E-state index in [1.165, 1.54) is 11.0 Å². The van der Waals surface area contributed by atoms with Crippen LogP contribution in [0.1, 0.15) is 12.8 Å². The maximum absolute atomic E-state index is 11.7. The number of ether oxygens (including phenoxy) is 1. The molecule has 0 radical (unpaired) electrons. The summed E-state index contributed by atoms with van der Waals surface area (Å²) in [6, 6.07) is -0.642. The summed E-state index contributed by atoms with van der Waals surface area (Å²) in [6.45, 7) is 3.96. The Labute approximate surface area is 122 Å². The van der Waals surface area contributed by atoms with Gasteiger partial charge in [-0.15, -0.1) is 12.6 Å². The molecule has 1 rings (SSSR count). The Balaban J connectivity index is 2.68. The summed E-state index contributed by atoms with van der Waals surface area (Å²) in [5, 5.41) is -0.557. The molecule has 0 aromatic heterocycles. The van der Waals surface area contributed by atoms with Crippen LogP contribution in [0, 0.1) is 5.92 Å². The first-order chi connectivity index (χ1) is 8.45. The Morgan fingerprint density at radius 3 is 2.78 bits per heavy atom. The minimum Gasteiger partial charge on any atom is -0.445 e. The van der Waals surface area contributed by atoms with Gasteiger partial charge >= 0.3 is 6.09 Å². The van der Waals surface area contributed by atoms with E-state index in [9.17, 15) is 9.59 Å². The summed E-state index contributed by atoms with van der Waals surface area (Å²) in [5.41, 5.74) is 0. The molecule has 2 atom stereocenters. The number of amides is 1. The molecule has 0 aliphatic carbocycles. The number of rotatable bonds is 5. The van der Waals surface area contributed by atoms with Gasteiger partial charge in [0.15, 0.2) is 0 Å². The molecule has 1 amide bonds. The Bertz CT molecular complexity index is 375. The average molecular weight is 308 g/mol. The zero-order chi connectivity index (χ0) is 13.7. The van der Waals surface area contributed by atoms with E-state index >= 15 is 0 Å². The van der Waals surface area contributed by atoms with Crippen LogP contribution in [0.3, 0.4) is 0 Å². The molecule has 4 nitrogen and oxygen atoms in total. The van der Waals surface area contributed by atoms with Crippen LogP contribution in [-0.4, -0.2) is 39.6 Å². The van der Waals surface area contributed by atoms with Gasteiger partial charge in [-0.05, 0) is 30.4 Å². The molecule has 0 saturated carbocycles. The number of carbonyl (C=O) groups is 2. The second-order valence-corrected chi connectivity index (χ2v) is 5.75. The summed E-state index contributed by atoms with van der Waals surface area (Å²) in [7, 11) is 0. The van der Waals surface area contributed by atoms with Gasteiger partial charge in [0, 0.05) is 10.7 Å². The molecule has 0 bridgehead atoms. The molecule has 100 valence electrons. The topological polar surface area (TPSA) is 46.6 Å². The summed E-state index contributed by atoms with van der Waals surface area (Å²) in [6.07, 6.45) is 1.98. The van der Waals surface area contributed by atoms with Crippen molar-refractivity contribution in [1.29, 1.82) is 0 Å². The van der Waals surface area contributed by atoms with Crippen LogP contribution < -0.4 is 0 Å². The van der Waals surface area contributed by atoms with Crippen LogP contribution in [0.5, 0.6) is 0 Å². The molecule has 1 saturated heterocycles. The average Bonchev–Trinajstić information content (AvgIpc) is 2.69. The third-order valence-electron chi connectivity index (χ3n) is 2.67. The van der Waals surface area contributed by atoms with Gasteiger partial charge < -0.3 is 4.74 Å². The lowest BCUT2D eigenvalue weighted by atomic mass is 10.0. The number of likely N-dealkylation sites (tertiary alicyclic amines) is 1. The second-order valence-electron chi connectivity index (χ2n) is 4.04. The Morgan fingerprint density at radius 2 is 2.28 bits per heavy atom. The Kier molecular flexibility index (Phi) is 6.11. The lowest BCUT2D eigenvalue weighted by Gasteiger charge is -2.20. The molecule has 0 aromatic carbocycles. The molecular weight excluding hydrogens is 294 g/mol.